The summed E-state index contributed by atoms with van der Waals surface area (Å²) in [4.78, 5) is 14.7. The van der Waals surface area contributed by atoms with Crippen LogP contribution in [0.5, 0.6) is 5.75 Å². The van der Waals surface area contributed by atoms with E-state index >= 15 is 0 Å². The number of aromatic amines is 1. The number of nitrogens with one attached hydrogen (secondary N) is 2. The monoisotopic (exact) mass is 356 g/mol. The fraction of sp³-hybridized carbons (Fsp3) is 0.267. The Bertz CT molecular complexity index is 773. The minimum absolute atomic E-state index is 0.263. The molecule has 3 rings (SSSR count). The van der Waals surface area contributed by atoms with E-state index in [0.717, 1.165) is 22.9 Å². The Labute approximate surface area is 140 Å². The molecule has 10 heteroatoms. The van der Waals surface area contributed by atoms with Crippen LogP contribution < -0.4 is 15.1 Å². The third kappa shape index (κ3) is 3.54. The second-order valence-electron chi connectivity index (χ2n) is 5.34. The maximum Gasteiger partial charge on any atom is 0.573 e. The molecule has 1 aliphatic heterocycles. The van der Waals surface area contributed by atoms with Gasteiger partial charge in [0, 0.05) is 13.6 Å². The van der Waals surface area contributed by atoms with E-state index < -0.39 is 6.36 Å². The molecule has 0 spiro atoms. The Hall–Kier alpha value is -2.72. The highest BCUT2D eigenvalue weighted by atomic mass is 19.4. The second-order valence-corrected chi connectivity index (χ2v) is 5.34. The van der Waals surface area contributed by atoms with E-state index in [-0.39, 0.29) is 18.2 Å². The molecule has 2 heterocycles. The molecule has 1 aromatic heterocycles. The minimum atomic E-state index is -4.77. The van der Waals surface area contributed by atoms with Gasteiger partial charge in [0.05, 0.1) is 5.69 Å². The zero-order valence-electron chi connectivity index (χ0n) is 13.1. The summed E-state index contributed by atoms with van der Waals surface area (Å²) in [5.74, 6) is -0.208. The molecule has 0 saturated carbocycles. The van der Waals surface area contributed by atoms with Gasteiger partial charge in [-0.2, -0.15) is 0 Å². The van der Waals surface area contributed by atoms with E-state index in [1.165, 1.54) is 24.2 Å². The van der Waals surface area contributed by atoms with Crippen molar-refractivity contribution in [2.24, 2.45) is 0 Å². The molecule has 3 N–H and O–H groups in total. The third-order valence-corrected chi connectivity index (χ3v) is 3.69. The summed E-state index contributed by atoms with van der Waals surface area (Å²) >= 11 is 0. The lowest BCUT2D eigenvalue weighted by Gasteiger charge is -2.35. The quantitative estimate of drug-likeness (QED) is 0.788. The summed E-state index contributed by atoms with van der Waals surface area (Å²) in [5, 5.41) is 15.0. The number of ether oxygens (including phenoxy) is 1. The van der Waals surface area contributed by atoms with Crippen LogP contribution in [0.25, 0.3) is 0 Å². The van der Waals surface area contributed by atoms with Gasteiger partial charge in [-0.25, -0.2) is 5.01 Å². The van der Waals surface area contributed by atoms with Crippen LogP contribution in [-0.4, -0.2) is 41.2 Å². The number of carbonyl (C=O) groups excluding carboxylic acids is 1. The van der Waals surface area contributed by atoms with Gasteiger partial charge in [-0.3, -0.25) is 10.0 Å². The molecule has 0 saturated heterocycles. The van der Waals surface area contributed by atoms with Crippen LogP contribution in [0.15, 0.2) is 30.3 Å². The number of alkyl halides is 3. The van der Waals surface area contributed by atoms with Crippen molar-refractivity contribution < 1.29 is 27.9 Å². The van der Waals surface area contributed by atoms with Crippen LogP contribution in [0, 0.1) is 0 Å². The number of benzene rings is 1. The van der Waals surface area contributed by atoms with Gasteiger partial charge >= 0.3 is 6.36 Å². The van der Waals surface area contributed by atoms with Crippen LogP contribution >= 0.6 is 0 Å². The molecule has 134 valence electrons. The Morgan fingerprint density at radius 2 is 2.00 bits per heavy atom. The second kappa shape index (κ2) is 6.30. The number of aromatic nitrogens is 1. The minimum Gasteiger partial charge on any atom is -0.406 e. The SMILES string of the molecule is CNC(=O)c1cc2c([nH]1)N(c1ccc(OC(F)(F)F)cc1)N(O)CC2. The van der Waals surface area contributed by atoms with Gasteiger partial charge < -0.3 is 15.0 Å². The maximum atomic E-state index is 12.2. The van der Waals surface area contributed by atoms with Gasteiger partial charge in [-0.15, -0.1) is 13.2 Å². The first-order valence-corrected chi connectivity index (χ1v) is 7.35. The molecule has 25 heavy (non-hydrogen) atoms. The molecule has 1 amide bonds. The summed E-state index contributed by atoms with van der Waals surface area (Å²) in [6.07, 6.45) is -4.27. The number of halogens is 3. The topological polar surface area (TPSA) is 80.8 Å². The summed E-state index contributed by atoms with van der Waals surface area (Å²) in [7, 11) is 1.50. The van der Waals surface area contributed by atoms with E-state index in [0.29, 0.717) is 23.6 Å². The normalized spacial score (nSPS) is 15.0. The predicted molar refractivity (Wildman–Crippen MR) is 81.6 cm³/mol. The number of hydroxylamine groups is 1. The lowest BCUT2D eigenvalue weighted by molar-refractivity contribution is -0.274. The lowest BCUT2D eigenvalue weighted by atomic mass is 10.1. The number of hydrogen-bond donors (Lipinski definition) is 3. The van der Waals surface area contributed by atoms with Crippen molar-refractivity contribution in [3.8, 4) is 5.75 Å². The Kier molecular flexibility index (Phi) is 4.31. The van der Waals surface area contributed by atoms with E-state index in [4.69, 9.17) is 0 Å². The predicted octanol–water partition coefficient (Wildman–Crippen LogP) is 2.57. The van der Waals surface area contributed by atoms with Crippen molar-refractivity contribution in [3.63, 3.8) is 0 Å². The molecular formula is C15H15F3N4O3. The summed E-state index contributed by atoms with van der Waals surface area (Å²) in [6.45, 7) is 0.263. The number of amides is 1. The van der Waals surface area contributed by atoms with E-state index in [9.17, 15) is 23.2 Å². The summed E-state index contributed by atoms with van der Waals surface area (Å²) in [5.41, 5.74) is 1.53. The van der Waals surface area contributed by atoms with Crippen molar-refractivity contribution in [2.45, 2.75) is 12.8 Å². The summed E-state index contributed by atoms with van der Waals surface area (Å²) < 4.78 is 40.6. The van der Waals surface area contributed by atoms with E-state index in [2.05, 4.69) is 15.0 Å². The van der Waals surface area contributed by atoms with Crippen molar-refractivity contribution >= 4 is 17.4 Å². The Morgan fingerprint density at radius 3 is 2.60 bits per heavy atom. The van der Waals surface area contributed by atoms with Crippen LogP contribution in [0.2, 0.25) is 0 Å². The molecule has 0 radical (unpaired) electrons. The zero-order chi connectivity index (χ0) is 18.2. The molecule has 2 aromatic rings. The fourth-order valence-electron chi connectivity index (χ4n) is 2.61. The average molecular weight is 356 g/mol. The smallest absolute Gasteiger partial charge is 0.406 e. The lowest BCUT2D eigenvalue weighted by Crippen LogP contribution is -2.41. The standard InChI is InChI=1S/C15H15F3N4O3/c1-19-14(23)12-8-9-6-7-21(24)22(13(9)20-12)10-2-4-11(5-3-10)25-15(16,17)18/h2-5,8,20,24H,6-7H2,1H3,(H,19,23). The van der Waals surface area contributed by atoms with Gasteiger partial charge in [0.1, 0.15) is 17.3 Å². The van der Waals surface area contributed by atoms with E-state index in [1.807, 2.05) is 0 Å². The maximum absolute atomic E-state index is 12.2. The highest BCUT2D eigenvalue weighted by Gasteiger charge is 2.32. The van der Waals surface area contributed by atoms with Crippen LogP contribution in [0.1, 0.15) is 16.1 Å². The molecule has 0 aliphatic carbocycles. The highest BCUT2D eigenvalue weighted by molar-refractivity contribution is 5.93. The van der Waals surface area contributed by atoms with Crippen molar-refractivity contribution in [1.29, 1.82) is 0 Å². The van der Waals surface area contributed by atoms with Gasteiger partial charge in [0.25, 0.3) is 5.91 Å². The van der Waals surface area contributed by atoms with Crippen molar-refractivity contribution in [3.05, 3.63) is 41.6 Å². The first-order chi connectivity index (χ1) is 11.8. The fourth-order valence-corrected chi connectivity index (χ4v) is 2.61. The molecule has 0 atom stereocenters. The molecule has 7 nitrogen and oxygen atoms in total. The number of fused-ring (bicyclic) bond motifs is 1. The molecule has 0 unspecified atom stereocenters. The van der Waals surface area contributed by atoms with Crippen LogP contribution in [0.4, 0.5) is 24.7 Å². The Morgan fingerprint density at radius 1 is 1.32 bits per heavy atom. The molecule has 1 aliphatic rings. The number of rotatable bonds is 3. The van der Waals surface area contributed by atoms with Gasteiger partial charge in [-0.05, 0) is 42.3 Å². The number of anilines is 2. The molecule has 1 aromatic carbocycles. The van der Waals surface area contributed by atoms with Gasteiger partial charge in [0.2, 0.25) is 0 Å². The highest BCUT2D eigenvalue weighted by Crippen LogP contribution is 2.35. The number of hydrogen-bond acceptors (Lipinski definition) is 5. The largest absolute Gasteiger partial charge is 0.573 e. The zero-order valence-corrected chi connectivity index (χ0v) is 13.1. The van der Waals surface area contributed by atoms with Crippen molar-refractivity contribution in [2.75, 3.05) is 18.6 Å². The summed E-state index contributed by atoms with van der Waals surface area (Å²) in [6, 6.07) is 6.72. The first-order valence-electron chi connectivity index (χ1n) is 7.35. The average Bonchev–Trinajstić information content (AvgIpc) is 2.98. The molecule has 0 fully saturated rings. The number of hydrazine groups is 1. The van der Waals surface area contributed by atoms with Crippen LogP contribution in [0.3, 0.4) is 0 Å². The molecular weight excluding hydrogens is 341 g/mol. The van der Waals surface area contributed by atoms with Crippen LogP contribution in [-0.2, 0) is 6.42 Å². The first kappa shape index (κ1) is 17.1. The number of nitrogens with zero attached hydrogens (tertiary/aromatic N) is 2. The van der Waals surface area contributed by atoms with Crippen molar-refractivity contribution in [1.82, 2.24) is 15.5 Å². The number of carbonyl (C=O) groups is 1. The van der Waals surface area contributed by atoms with E-state index in [1.54, 1.807) is 6.07 Å². The van der Waals surface area contributed by atoms with Gasteiger partial charge in [-0.1, -0.05) is 5.17 Å². The number of H-pyrrole nitrogens is 1. The Balaban J connectivity index is 1.92. The third-order valence-electron chi connectivity index (χ3n) is 3.69. The van der Waals surface area contributed by atoms with Gasteiger partial charge in [0.15, 0.2) is 0 Å². The molecule has 0 bridgehead atoms.